The molecule has 1 rings (SSSR count). The zero-order chi connectivity index (χ0) is 17.5. The Morgan fingerprint density at radius 3 is 2.48 bits per heavy atom. The van der Waals surface area contributed by atoms with Crippen molar-refractivity contribution in [2.45, 2.75) is 72.4 Å². The molecule has 0 saturated heterocycles. The highest BCUT2D eigenvalue weighted by Gasteiger charge is 2.29. The van der Waals surface area contributed by atoms with E-state index in [0.29, 0.717) is 12.6 Å². The van der Waals surface area contributed by atoms with Gasteiger partial charge in [0.05, 0.1) is 0 Å². The van der Waals surface area contributed by atoms with E-state index in [1.54, 1.807) is 0 Å². The summed E-state index contributed by atoms with van der Waals surface area (Å²) >= 11 is 0. The van der Waals surface area contributed by atoms with Crippen LogP contribution >= 0.6 is 0 Å². The van der Waals surface area contributed by atoms with E-state index in [2.05, 4.69) is 37.5 Å². The quantitative estimate of drug-likeness (QED) is 0.723. The third-order valence-electron chi connectivity index (χ3n) is 4.45. The van der Waals surface area contributed by atoms with Gasteiger partial charge >= 0.3 is 6.09 Å². The SMILES string of the molecule is CC1CCC(C(C)C)C(NC/C=C/CNC(=O)OC(C)(C)C)C1. The van der Waals surface area contributed by atoms with Gasteiger partial charge in [-0.1, -0.05) is 39.3 Å². The van der Waals surface area contributed by atoms with Gasteiger partial charge in [0, 0.05) is 19.1 Å². The third-order valence-corrected chi connectivity index (χ3v) is 4.45. The van der Waals surface area contributed by atoms with Crippen molar-refractivity contribution in [3.8, 4) is 0 Å². The van der Waals surface area contributed by atoms with Crippen LogP contribution in [-0.2, 0) is 4.74 Å². The summed E-state index contributed by atoms with van der Waals surface area (Å²) in [6, 6.07) is 0.613. The Morgan fingerprint density at radius 2 is 1.87 bits per heavy atom. The zero-order valence-corrected chi connectivity index (χ0v) is 15.8. The average Bonchev–Trinajstić information content (AvgIpc) is 2.40. The highest BCUT2D eigenvalue weighted by atomic mass is 16.6. The predicted octanol–water partition coefficient (Wildman–Crippen LogP) is 4.12. The van der Waals surface area contributed by atoms with Crippen molar-refractivity contribution in [1.29, 1.82) is 0 Å². The van der Waals surface area contributed by atoms with Crippen LogP contribution in [-0.4, -0.2) is 30.8 Å². The molecule has 1 amide bonds. The van der Waals surface area contributed by atoms with Gasteiger partial charge in [0.1, 0.15) is 5.60 Å². The van der Waals surface area contributed by atoms with E-state index < -0.39 is 5.60 Å². The average molecular weight is 325 g/mol. The highest BCUT2D eigenvalue weighted by molar-refractivity contribution is 5.67. The lowest BCUT2D eigenvalue weighted by Gasteiger charge is -2.37. The van der Waals surface area contributed by atoms with E-state index >= 15 is 0 Å². The van der Waals surface area contributed by atoms with Crippen molar-refractivity contribution >= 4 is 6.09 Å². The molecule has 0 aromatic carbocycles. The van der Waals surface area contributed by atoms with Crippen molar-refractivity contribution in [2.24, 2.45) is 17.8 Å². The molecule has 0 bridgehead atoms. The lowest BCUT2D eigenvalue weighted by atomic mass is 9.74. The van der Waals surface area contributed by atoms with Crippen LogP contribution in [0.4, 0.5) is 4.79 Å². The van der Waals surface area contributed by atoms with Crippen LogP contribution in [0.3, 0.4) is 0 Å². The van der Waals surface area contributed by atoms with Gasteiger partial charge in [0.15, 0.2) is 0 Å². The van der Waals surface area contributed by atoms with Gasteiger partial charge in [-0.25, -0.2) is 4.79 Å². The number of alkyl carbamates (subject to hydrolysis) is 1. The molecular formula is C19H36N2O2. The first kappa shape index (κ1) is 20.0. The molecule has 1 fully saturated rings. The standard InChI is InChI=1S/C19H36N2O2/c1-14(2)16-10-9-15(3)13-17(16)20-11-7-8-12-21-18(22)23-19(4,5)6/h7-8,14-17,20H,9-13H2,1-6H3,(H,21,22)/b8-7+. The van der Waals surface area contributed by atoms with Crippen LogP contribution in [0.5, 0.6) is 0 Å². The molecule has 4 heteroatoms. The number of rotatable bonds is 6. The minimum absolute atomic E-state index is 0.365. The van der Waals surface area contributed by atoms with Crippen LogP contribution in [0.15, 0.2) is 12.2 Å². The first-order valence-corrected chi connectivity index (χ1v) is 9.04. The predicted molar refractivity (Wildman–Crippen MR) is 96.5 cm³/mol. The summed E-state index contributed by atoms with van der Waals surface area (Å²) in [5, 5.41) is 6.42. The van der Waals surface area contributed by atoms with E-state index in [1.807, 2.05) is 26.8 Å². The summed E-state index contributed by atoms with van der Waals surface area (Å²) in [4.78, 5) is 11.5. The largest absolute Gasteiger partial charge is 0.444 e. The summed E-state index contributed by atoms with van der Waals surface area (Å²) in [5.41, 5.74) is -0.446. The Hall–Kier alpha value is -1.03. The second kappa shape index (κ2) is 9.31. The van der Waals surface area contributed by atoms with Crippen LogP contribution in [0.2, 0.25) is 0 Å². The summed E-state index contributed by atoms with van der Waals surface area (Å²) in [7, 11) is 0. The summed E-state index contributed by atoms with van der Waals surface area (Å²) in [5.74, 6) is 2.33. The second-order valence-electron chi connectivity index (χ2n) is 8.20. The van der Waals surface area contributed by atoms with Gasteiger partial charge in [-0.05, 0) is 51.4 Å². The third kappa shape index (κ3) is 8.40. The van der Waals surface area contributed by atoms with Crippen LogP contribution in [0.25, 0.3) is 0 Å². The lowest BCUT2D eigenvalue weighted by molar-refractivity contribution is 0.0534. The van der Waals surface area contributed by atoms with Crippen molar-refractivity contribution in [1.82, 2.24) is 10.6 Å². The molecule has 23 heavy (non-hydrogen) atoms. The van der Waals surface area contributed by atoms with Crippen molar-refractivity contribution in [3.63, 3.8) is 0 Å². The molecule has 0 aromatic heterocycles. The molecule has 0 radical (unpaired) electrons. The number of amides is 1. The minimum Gasteiger partial charge on any atom is -0.444 e. The fourth-order valence-corrected chi connectivity index (χ4v) is 3.28. The molecule has 1 aliphatic rings. The molecule has 134 valence electrons. The van der Waals surface area contributed by atoms with Crippen LogP contribution in [0.1, 0.15) is 60.8 Å². The topological polar surface area (TPSA) is 50.4 Å². The molecule has 0 heterocycles. The number of hydrogen-bond acceptors (Lipinski definition) is 3. The van der Waals surface area contributed by atoms with E-state index in [-0.39, 0.29) is 6.09 Å². The first-order valence-electron chi connectivity index (χ1n) is 9.04. The number of nitrogens with one attached hydrogen (secondary N) is 2. The monoisotopic (exact) mass is 324 g/mol. The van der Waals surface area contributed by atoms with Crippen molar-refractivity contribution in [2.75, 3.05) is 13.1 Å². The fraction of sp³-hybridized carbons (Fsp3) is 0.842. The summed E-state index contributed by atoms with van der Waals surface area (Å²) in [6.07, 6.45) is 7.67. The molecule has 2 N–H and O–H groups in total. The van der Waals surface area contributed by atoms with Gasteiger partial charge in [-0.15, -0.1) is 0 Å². The Bertz CT molecular complexity index is 385. The maximum Gasteiger partial charge on any atom is 0.407 e. The van der Waals surface area contributed by atoms with Gasteiger partial charge in [0.25, 0.3) is 0 Å². The minimum atomic E-state index is -0.446. The number of ether oxygens (including phenoxy) is 1. The summed E-state index contributed by atoms with van der Waals surface area (Å²) in [6.45, 7) is 14.0. The van der Waals surface area contributed by atoms with Crippen LogP contribution in [0, 0.1) is 17.8 Å². The van der Waals surface area contributed by atoms with Crippen LogP contribution < -0.4 is 10.6 Å². The Labute approximate surface area is 142 Å². The van der Waals surface area contributed by atoms with Crippen molar-refractivity contribution < 1.29 is 9.53 Å². The molecule has 4 nitrogen and oxygen atoms in total. The first-order chi connectivity index (χ1) is 10.7. The molecule has 1 saturated carbocycles. The fourth-order valence-electron chi connectivity index (χ4n) is 3.28. The van der Waals surface area contributed by atoms with Gasteiger partial charge < -0.3 is 15.4 Å². The smallest absolute Gasteiger partial charge is 0.407 e. The van der Waals surface area contributed by atoms with E-state index in [0.717, 1.165) is 24.3 Å². The molecular weight excluding hydrogens is 288 g/mol. The molecule has 1 aliphatic carbocycles. The Morgan fingerprint density at radius 1 is 1.22 bits per heavy atom. The molecule has 3 atom stereocenters. The molecule has 0 aliphatic heterocycles. The number of carbonyl (C=O) groups excluding carboxylic acids is 1. The van der Waals surface area contributed by atoms with E-state index in [4.69, 9.17) is 4.74 Å². The lowest BCUT2D eigenvalue weighted by Crippen LogP contribution is -2.42. The molecule has 3 unspecified atom stereocenters. The molecule has 0 spiro atoms. The second-order valence-corrected chi connectivity index (χ2v) is 8.20. The van der Waals surface area contributed by atoms with E-state index in [1.165, 1.54) is 19.3 Å². The maximum absolute atomic E-state index is 11.5. The highest BCUT2D eigenvalue weighted by Crippen LogP contribution is 2.33. The maximum atomic E-state index is 11.5. The zero-order valence-electron chi connectivity index (χ0n) is 15.8. The number of carbonyl (C=O) groups is 1. The Balaban J connectivity index is 2.25. The number of hydrogen-bond donors (Lipinski definition) is 2. The van der Waals surface area contributed by atoms with Crippen molar-refractivity contribution in [3.05, 3.63) is 12.2 Å². The van der Waals surface area contributed by atoms with E-state index in [9.17, 15) is 4.79 Å². The normalized spacial score (nSPS) is 25.8. The van der Waals surface area contributed by atoms with Gasteiger partial charge in [-0.3, -0.25) is 0 Å². The summed E-state index contributed by atoms with van der Waals surface area (Å²) < 4.78 is 5.19. The molecule has 0 aromatic rings. The Kier molecular flexibility index (Phi) is 8.10. The van der Waals surface area contributed by atoms with Gasteiger partial charge in [0.2, 0.25) is 0 Å². The van der Waals surface area contributed by atoms with Gasteiger partial charge in [-0.2, -0.15) is 0 Å².